The molecule has 3 aliphatic rings. The molecule has 1 amide bonds. The lowest BCUT2D eigenvalue weighted by Gasteiger charge is -2.53. The van der Waals surface area contributed by atoms with E-state index in [1.807, 2.05) is 31.3 Å². The van der Waals surface area contributed by atoms with Crippen LogP contribution in [0, 0.1) is 23.2 Å². The number of rotatable bonds is 7. The van der Waals surface area contributed by atoms with Gasteiger partial charge in [0.1, 0.15) is 0 Å². The van der Waals surface area contributed by atoms with Gasteiger partial charge in [0.05, 0.1) is 11.8 Å². The minimum Gasteiger partial charge on any atom is -0.392 e. The summed E-state index contributed by atoms with van der Waals surface area (Å²) >= 11 is 1.77. The molecule has 6 nitrogen and oxygen atoms in total. The second-order valence-corrected chi connectivity index (χ2v) is 11.8. The van der Waals surface area contributed by atoms with Gasteiger partial charge in [-0.15, -0.1) is 11.3 Å². The molecule has 0 saturated heterocycles. The third-order valence-corrected chi connectivity index (χ3v) is 9.31. The molecule has 7 heteroatoms. The highest BCUT2D eigenvalue weighted by molar-refractivity contribution is 7.15. The minimum atomic E-state index is -0.478. The molecular weight excluding hydrogens is 432 g/mol. The van der Waals surface area contributed by atoms with Crippen LogP contribution < -0.4 is 10.6 Å². The Kier molecular flexibility index (Phi) is 6.21. The number of pyridine rings is 1. The van der Waals surface area contributed by atoms with Gasteiger partial charge in [0.2, 0.25) is 5.91 Å². The maximum atomic E-state index is 12.7. The highest BCUT2D eigenvalue weighted by Gasteiger charge is 2.54. The van der Waals surface area contributed by atoms with Gasteiger partial charge in [0, 0.05) is 47.6 Å². The molecule has 2 saturated carbocycles. The summed E-state index contributed by atoms with van der Waals surface area (Å²) in [4.78, 5) is 23.4. The van der Waals surface area contributed by atoms with Crippen molar-refractivity contribution < 1.29 is 9.90 Å². The maximum absolute atomic E-state index is 12.7. The average Bonchev–Trinajstić information content (AvgIpc) is 3.51. The van der Waals surface area contributed by atoms with E-state index in [9.17, 15) is 9.90 Å². The molecule has 0 aromatic carbocycles. The van der Waals surface area contributed by atoms with Gasteiger partial charge >= 0.3 is 0 Å². The minimum absolute atomic E-state index is 0.0143. The van der Waals surface area contributed by atoms with Crippen LogP contribution in [0.3, 0.4) is 0 Å². The Morgan fingerprint density at radius 2 is 2.15 bits per heavy atom. The molecule has 3 N–H and O–H groups in total. The average molecular weight is 469 g/mol. The van der Waals surface area contributed by atoms with Gasteiger partial charge in [-0.1, -0.05) is 26.8 Å². The highest BCUT2D eigenvalue weighted by Crippen LogP contribution is 2.57. The SMILES string of the molecule is C[C@H](C(=O)NC1CC1)[C@H]1CC[C@]2(C)Cc3sc(NCCc4ccccn4)nc3[C@H](C)[C@@H]2[C@H]1O. The summed E-state index contributed by atoms with van der Waals surface area (Å²) in [5, 5.41) is 19.1. The number of hydrogen-bond acceptors (Lipinski definition) is 6. The number of fused-ring (bicyclic) bond motifs is 2. The summed E-state index contributed by atoms with van der Waals surface area (Å²) in [7, 11) is 0. The van der Waals surface area contributed by atoms with Gasteiger partial charge in [0.15, 0.2) is 5.13 Å². The van der Waals surface area contributed by atoms with E-state index in [1.165, 1.54) is 4.88 Å². The van der Waals surface area contributed by atoms with E-state index in [2.05, 4.69) is 29.5 Å². The molecule has 0 spiro atoms. The van der Waals surface area contributed by atoms with Crippen molar-refractivity contribution >= 4 is 22.4 Å². The van der Waals surface area contributed by atoms with Crippen molar-refractivity contribution in [1.29, 1.82) is 0 Å². The molecule has 2 heterocycles. The van der Waals surface area contributed by atoms with Gasteiger partial charge in [-0.05, 0) is 61.5 Å². The molecule has 0 unspecified atom stereocenters. The van der Waals surface area contributed by atoms with E-state index in [0.29, 0.717) is 6.04 Å². The van der Waals surface area contributed by atoms with Crippen LogP contribution in [0.4, 0.5) is 5.13 Å². The summed E-state index contributed by atoms with van der Waals surface area (Å²) in [6.07, 6.45) is 7.31. The summed E-state index contributed by atoms with van der Waals surface area (Å²) in [5.74, 6) is 0.280. The van der Waals surface area contributed by atoms with E-state index in [-0.39, 0.29) is 35.0 Å². The Balaban J connectivity index is 1.28. The van der Waals surface area contributed by atoms with Crippen molar-refractivity contribution in [3.8, 4) is 0 Å². The Labute approximate surface area is 200 Å². The maximum Gasteiger partial charge on any atom is 0.223 e. The van der Waals surface area contributed by atoms with Crippen LogP contribution in [0.5, 0.6) is 0 Å². The zero-order chi connectivity index (χ0) is 23.2. The first-order valence-corrected chi connectivity index (χ1v) is 13.3. The van der Waals surface area contributed by atoms with Crippen LogP contribution in [-0.2, 0) is 17.6 Å². The highest BCUT2D eigenvalue weighted by atomic mass is 32.1. The predicted octanol–water partition coefficient (Wildman–Crippen LogP) is 4.16. The van der Waals surface area contributed by atoms with Gasteiger partial charge in [-0.2, -0.15) is 0 Å². The monoisotopic (exact) mass is 468 g/mol. The van der Waals surface area contributed by atoms with Crippen LogP contribution in [0.25, 0.3) is 0 Å². The van der Waals surface area contributed by atoms with E-state index >= 15 is 0 Å². The van der Waals surface area contributed by atoms with Gasteiger partial charge in [0.25, 0.3) is 0 Å². The van der Waals surface area contributed by atoms with Crippen molar-refractivity contribution in [2.24, 2.45) is 23.2 Å². The number of nitrogens with one attached hydrogen (secondary N) is 2. The lowest BCUT2D eigenvalue weighted by Crippen LogP contribution is -2.53. The van der Waals surface area contributed by atoms with Crippen LogP contribution in [-0.4, -0.2) is 39.7 Å². The van der Waals surface area contributed by atoms with Crippen molar-refractivity contribution in [1.82, 2.24) is 15.3 Å². The second kappa shape index (κ2) is 8.99. The standard InChI is InChI=1S/C26H36N4O2S/c1-15(24(32)29-18-7-8-18)19-9-11-26(3)14-20-22(16(2)21(26)23(19)31)30-25(33-20)28-13-10-17-6-4-5-12-27-17/h4-6,12,15-16,18-19,21,23,31H,7-11,13-14H2,1-3H3,(H,28,30)(H,29,32)/t15-,16+,19+,21+,23-,26+/m0/s1. The molecule has 0 aliphatic heterocycles. The van der Waals surface area contributed by atoms with E-state index < -0.39 is 6.10 Å². The normalized spacial score (nSPS) is 31.9. The molecular formula is C26H36N4O2S. The predicted molar refractivity (Wildman–Crippen MR) is 131 cm³/mol. The smallest absolute Gasteiger partial charge is 0.223 e. The number of thiazole rings is 1. The molecule has 33 heavy (non-hydrogen) atoms. The summed E-state index contributed by atoms with van der Waals surface area (Å²) in [6, 6.07) is 6.36. The third-order valence-electron chi connectivity index (χ3n) is 8.29. The van der Waals surface area contributed by atoms with Gasteiger partial charge in [-0.25, -0.2) is 4.98 Å². The van der Waals surface area contributed by atoms with Crippen molar-refractivity contribution in [2.45, 2.75) is 77.4 Å². The number of hydrogen-bond donors (Lipinski definition) is 3. The molecule has 5 rings (SSSR count). The number of aliphatic hydroxyl groups is 1. The van der Waals surface area contributed by atoms with Crippen molar-refractivity contribution in [3.63, 3.8) is 0 Å². The van der Waals surface area contributed by atoms with E-state index in [4.69, 9.17) is 4.98 Å². The Morgan fingerprint density at radius 3 is 2.88 bits per heavy atom. The first-order chi connectivity index (χ1) is 15.9. The fraction of sp³-hybridized carbons (Fsp3) is 0.654. The largest absolute Gasteiger partial charge is 0.392 e. The molecule has 2 fully saturated rings. The summed E-state index contributed by atoms with van der Waals surface area (Å²) < 4.78 is 0. The zero-order valence-electron chi connectivity index (χ0n) is 19.9. The fourth-order valence-electron chi connectivity index (χ4n) is 6.22. The Bertz CT molecular complexity index is 991. The molecule has 0 bridgehead atoms. The number of aromatic nitrogens is 2. The second-order valence-electron chi connectivity index (χ2n) is 10.7. The lowest BCUT2D eigenvalue weighted by atomic mass is 9.53. The molecule has 178 valence electrons. The van der Waals surface area contributed by atoms with Crippen LogP contribution >= 0.6 is 11.3 Å². The van der Waals surface area contributed by atoms with Crippen LogP contribution in [0.2, 0.25) is 0 Å². The van der Waals surface area contributed by atoms with Crippen LogP contribution in [0.1, 0.15) is 68.6 Å². The topological polar surface area (TPSA) is 87.1 Å². The van der Waals surface area contributed by atoms with E-state index in [1.54, 1.807) is 11.3 Å². The quantitative estimate of drug-likeness (QED) is 0.568. The first kappa shape index (κ1) is 22.8. The van der Waals surface area contributed by atoms with Gasteiger partial charge in [-0.3, -0.25) is 9.78 Å². The Hall–Kier alpha value is -1.99. The summed E-state index contributed by atoms with van der Waals surface area (Å²) in [5.41, 5.74) is 2.26. The molecule has 6 atom stereocenters. The number of carbonyl (C=O) groups excluding carboxylic acids is 1. The lowest BCUT2D eigenvalue weighted by molar-refractivity contribution is -0.134. The third kappa shape index (κ3) is 4.54. The molecule has 2 aromatic rings. The number of nitrogens with zero attached hydrogens (tertiary/aromatic N) is 2. The first-order valence-electron chi connectivity index (χ1n) is 12.5. The molecule has 0 radical (unpaired) electrons. The fourth-order valence-corrected chi connectivity index (χ4v) is 7.51. The van der Waals surface area contributed by atoms with Crippen molar-refractivity contribution in [2.75, 3.05) is 11.9 Å². The molecule has 3 aliphatic carbocycles. The molecule has 2 aromatic heterocycles. The summed E-state index contributed by atoms with van der Waals surface area (Å²) in [6.45, 7) is 7.36. The number of amides is 1. The van der Waals surface area contributed by atoms with Gasteiger partial charge < -0.3 is 15.7 Å². The number of anilines is 1. The number of aliphatic hydroxyl groups excluding tert-OH is 1. The zero-order valence-corrected chi connectivity index (χ0v) is 20.7. The van der Waals surface area contributed by atoms with Crippen LogP contribution in [0.15, 0.2) is 24.4 Å². The Morgan fingerprint density at radius 1 is 1.33 bits per heavy atom. The number of carbonyl (C=O) groups is 1. The van der Waals surface area contributed by atoms with Crippen molar-refractivity contribution in [3.05, 3.63) is 40.7 Å². The van der Waals surface area contributed by atoms with E-state index in [0.717, 1.165) is 61.6 Å².